The fraction of sp³-hybridized carbons (Fsp3) is 0.400. The maximum Gasteiger partial charge on any atom is 0.355 e. The van der Waals surface area contributed by atoms with Crippen molar-refractivity contribution in [2.24, 2.45) is 10.9 Å². The predicted octanol–water partition coefficient (Wildman–Crippen LogP) is 4.70. The minimum atomic E-state index is -1.64. The lowest BCUT2D eigenvalue weighted by Gasteiger charge is -2.22. The second-order valence-electron chi connectivity index (χ2n) is 9.77. The summed E-state index contributed by atoms with van der Waals surface area (Å²) in [5, 5.41) is 16.2. The molecular weight excluding hydrogens is 565 g/mol. The summed E-state index contributed by atoms with van der Waals surface area (Å²) in [7, 11) is 1.52. The van der Waals surface area contributed by atoms with Gasteiger partial charge in [-0.05, 0) is 62.3 Å². The third-order valence-electron chi connectivity index (χ3n) is 6.03. The Bertz CT molecular complexity index is 1490. The Morgan fingerprint density at radius 1 is 1.28 bits per heavy atom. The second kappa shape index (κ2) is 16.9. The molecule has 0 fully saturated rings. The molecule has 0 radical (unpaired) electrons. The summed E-state index contributed by atoms with van der Waals surface area (Å²) in [6.07, 6.45) is 10.4. The monoisotopic (exact) mass is 604 g/mol. The highest BCUT2D eigenvalue weighted by atomic mass is 19.2. The summed E-state index contributed by atoms with van der Waals surface area (Å²) in [6, 6.07) is 0. The molecule has 0 aromatic carbocycles. The Hall–Kier alpha value is -4.39. The summed E-state index contributed by atoms with van der Waals surface area (Å²) in [5.41, 5.74) is -0.305. The average molecular weight is 605 g/mol. The highest BCUT2D eigenvalue weighted by Gasteiger charge is 2.21. The molecule has 13 heteroatoms. The third kappa shape index (κ3) is 10.1. The van der Waals surface area contributed by atoms with E-state index in [0.29, 0.717) is 17.0 Å². The lowest BCUT2D eigenvalue weighted by atomic mass is 10.0. The number of dihydropyridines is 1. The number of aliphatic hydroxyl groups is 1. The SMILES string of the molecule is C=N/C(=C\C(C)C)C1=CNC(O)C(Cn2c(=O)nc(NC/C=C\C(=C/CC)OC)n(CC/C=C(F)\C(F)=C(/C)F)c2=O)=C1. The summed E-state index contributed by atoms with van der Waals surface area (Å²) < 4.78 is 47.8. The molecule has 2 rings (SSSR count). The number of rotatable bonds is 15. The molecule has 10 nitrogen and oxygen atoms in total. The van der Waals surface area contributed by atoms with Crippen LogP contribution in [-0.4, -0.2) is 45.8 Å². The number of ether oxygens (including phenoxy) is 1. The van der Waals surface area contributed by atoms with Gasteiger partial charge in [-0.2, -0.15) is 4.98 Å². The molecule has 1 aromatic rings. The van der Waals surface area contributed by atoms with Crippen molar-refractivity contribution in [2.45, 2.75) is 59.9 Å². The van der Waals surface area contributed by atoms with E-state index in [2.05, 4.69) is 27.3 Å². The first-order valence-electron chi connectivity index (χ1n) is 13.7. The Morgan fingerprint density at radius 3 is 2.60 bits per heavy atom. The van der Waals surface area contributed by atoms with Gasteiger partial charge >= 0.3 is 11.4 Å². The van der Waals surface area contributed by atoms with Crippen LogP contribution in [0.2, 0.25) is 0 Å². The molecule has 0 aliphatic carbocycles. The first kappa shape index (κ1) is 34.8. The lowest BCUT2D eigenvalue weighted by Crippen LogP contribution is -2.45. The largest absolute Gasteiger partial charge is 0.497 e. The van der Waals surface area contributed by atoms with Crippen LogP contribution in [0.15, 0.2) is 97.3 Å². The standard InChI is InChI=1S/C30H39F3N6O4/c1-7-10-23(43-6)11-8-13-35-28-37-29(41)39(30(42)38(28)14-9-12-24(32)26(33)20(4)31)18-22-16-21(17-36-27(22)40)25(34-5)15-19(2)3/h8,10-12,15-17,19,27,36,40H,5,7,9,13-14,18H2,1-4,6H3,(H,35,37,41)/b11-8-,23-10+,24-12+,25-15-,26-20-. The molecule has 1 aromatic heterocycles. The number of aromatic nitrogens is 3. The van der Waals surface area contributed by atoms with Crippen LogP contribution in [0.3, 0.4) is 0 Å². The number of halogens is 3. The van der Waals surface area contributed by atoms with Gasteiger partial charge in [0.05, 0.1) is 19.4 Å². The van der Waals surface area contributed by atoms with Gasteiger partial charge in [0.1, 0.15) is 17.8 Å². The number of hydrogen-bond donors (Lipinski definition) is 3. The molecule has 0 amide bonds. The van der Waals surface area contributed by atoms with Crippen molar-refractivity contribution in [3.05, 3.63) is 104 Å². The predicted molar refractivity (Wildman–Crippen MR) is 162 cm³/mol. The van der Waals surface area contributed by atoms with Crippen molar-refractivity contribution in [3.8, 4) is 0 Å². The van der Waals surface area contributed by atoms with E-state index in [4.69, 9.17) is 4.74 Å². The Labute approximate surface area is 248 Å². The Kier molecular flexibility index (Phi) is 13.7. The maximum absolute atomic E-state index is 14.0. The van der Waals surface area contributed by atoms with Crippen molar-refractivity contribution in [1.29, 1.82) is 0 Å². The minimum Gasteiger partial charge on any atom is -0.497 e. The van der Waals surface area contributed by atoms with E-state index in [-0.39, 0.29) is 43.5 Å². The molecule has 0 spiro atoms. The van der Waals surface area contributed by atoms with E-state index in [1.807, 2.05) is 32.9 Å². The lowest BCUT2D eigenvalue weighted by molar-refractivity contribution is 0.181. The molecule has 0 saturated carbocycles. The molecular formula is C30H39F3N6O4. The molecule has 43 heavy (non-hydrogen) atoms. The van der Waals surface area contributed by atoms with Gasteiger partial charge in [-0.3, -0.25) is 9.56 Å². The van der Waals surface area contributed by atoms with Crippen molar-refractivity contribution in [2.75, 3.05) is 19.0 Å². The van der Waals surface area contributed by atoms with Gasteiger partial charge in [-0.25, -0.2) is 27.3 Å². The zero-order chi connectivity index (χ0) is 32.1. The summed E-state index contributed by atoms with van der Waals surface area (Å²) in [5.74, 6) is -3.72. The molecule has 234 valence electrons. The number of aliphatic imine (C=N–C) groups is 1. The van der Waals surface area contributed by atoms with E-state index < -0.39 is 35.1 Å². The molecule has 1 aliphatic heterocycles. The van der Waals surface area contributed by atoms with E-state index in [0.717, 1.165) is 28.6 Å². The number of nitrogens with one attached hydrogen (secondary N) is 2. The van der Waals surface area contributed by atoms with Gasteiger partial charge in [-0.15, -0.1) is 0 Å². The number of allylic oxidation sites excluding steroid dienone is 8. The van der Waals surface area contributed by atoms with E-state index in [1.165, 1.54) is 7.11 Å². The molecule has 1 aliphatic rings. The van der Waals surface area contributed by atoms with E-state index in [9.17, 15) is 27.9 Å². The van der Waals surface area contributed by atoms with E-state index in [1.54, 1.807) is 24.4 Å². The quantitative estimate of drug-likeness (QED) is 0.151. The third-order valence-corrected chi connectivity index (χ3v) is 6.03. The van der Waals surface area contributed by atoms with Crippen LogP contribution in [0.5, 0.6) is 0 Å². The molecule has 1 unspecified atom stereocenters. The summed E-state index contributed by atoms with van der Waals surface area (Å²) >= 11 is 0. The van der Waals surface area contributed by atoms with Crippen LogP contribution < -0.4 is 22.0 Å². The summed E-state index contributed by atoms with van der Waals surface area (Å²) in [4.78, 5) is 34.6. The first-order chi connectivity index (χ1) is 20.4. The van der Waals surface area contributed by atoms with Crippen molar-refractivity contribution in [3.63, 3.8) is 0 Å². The number of aliphatic hydroxyl groups excluding tert-OH is 1. The maximum atomic E-state index is 14.0. The van der Waals surface area contributed by atoms with Gasteiger partial charge in [0.25, 0.3) is 0 Å². The van der Waals surface area contributed by atoms with Crippen LogP contribution in [0.1, 0.15) is 40.5 Å². The fourth-order valence-electron chi connectivity index (χ4n) is 3.94. The van der Waals surface area contributed by atoms with Crippen LogP contribution in [0, 0.1) is 5.92 Å². The second-order valence-corrected chi connectivity index (χ2v) is 9.77. The van der Waals surface area contributed by atoms with E-state index >= 15 is 0 Å². The first-order valence-corrected chi connectivity index (χ1v) is 13.7. The topological polar surface area (TPSA) is 123 Å². The van der Waals surface area contributed by atoms with Crippen LogP contribution in [0.25, 0.3) is 0 Å². The molecule has 1 atom stereocenters. The van der Waals surface area contributed by atoms with Gasteiger partial charge in [-0.1, -0.05) is 32.9 Å². The molecule has 3 N–H and O–H groups in total. The minimum absolute atomic E-state index is 0.115. The molecule has 0 saturated heterocycles. The smallest absolute Gasteiger partial charge is 0.355 e. The van der Waals surface area contributed by atoms with Crippen molar-refractivity contribution in [1.82, 2.24) is 19.4 Å². The average Bonchev–Trinajstić information content (AvgIpc) is 2.97. The Morgan fingerprint density at radius 2 is 2.00 bits per heavy atom. The number of hydrogen-bond acceptors (Lipinski definition) is 8. The van der Waals surface area contributed by atoms with Crippen LogP contribution in [-0.2, 0) is 17.8 Å². The normalized spacial score (nSPS) is 17.0. The Balaban J connectivity index is 2.50. The molecule has 0 bridgehead atoms. The summed E-state index contributed by atoms with van der Waals surface area (Å²) in [6.45, 7) is 9.83. The fourth-order valence-corrected chi connectivity index (χ4v) is 3.94. The van der Waals surface area contributed by atoms with Gasteiger partial charge in [0.2, 0.25) is 5.95 Å². The van der Waals surface area contributed by atoms with Crippen molar-refractivity contribution < 1.29 is 23.0 Å². The van der Waals surface area contributed by atoms with Crippen LogP contribution >= 0.6 is 0 Å². The highest BCUT2D eigenvalue weighted by molar-refractivity contribution is 5.47. The van der Waals surface area contributed by atoms with Gasteiger partial charge in [0.15, 0.2) is 11.7 Å². The highest BCUT2D eigenvalue weighted by Crippen LogP contribution is 2.22. The zero-order valence-electron chi connectivity index (χ0n) is 25.0. The molecule has 2 heterocycles. The number of anilines is 1. The van der Waals surface area contributed by atoms with Crippen LogP contribution in [0.4, 0.5) is 19.1 Å². The number of methoxy groups -OCH3 is 1. The van der Waals surface area contributed by atoms with Gasteiger partial charge < -0.3 is 20.5 Å². The van der Waals surface area contributed by atoms with Gasteiger partial charge in [0, 0.05) is 24.9 Å². The van der Waals surface area contributed by atoms with Crippen molar-refractivity contribution >= 4 is 12.7 Å². The zero-order valence-corrected chi connectivity index (χ0v) is 25.0. The number of nitrogens with zero attached hydrogens (tertiary/aromatic N) is 4.